The van der Waals surface area contributed by atoms with Gasteiger partial charge in [0.1, 0.15) is 6.04 Å². The van der Waals surface area contributed by atoms with Gasteiger partial charge in [-0.25, -0.2) is 24.0 Å². The maximum absolute atomic E-state index is 14.2. The Bertz CT molecular complexity index is 1700. The van der Waals surface area contributed by atoms with E-state index >= 15 is 0 Å². The van der Waals surface area contributed by atoms with Crippen molar-refractivity contribution in [3.8, 4) is 0 Å². The van der Waals surface area contributed by atoms with Crippen LogP contribution >= 0.6 is 0 Å². The van der Waals surface area contributed by atoms with Gasteiger partial charge in [0, 0.05) is 5.56 Å². The van der Waals surface area contributed by atoms with E-state index in [2.05, 4.69) is 21.4 Å². The van der Waals surface area contributed by atoms with Gasteiger partial charge >= 0.3 is 18.2 Å². The van der Waals surface area contributed by atoms with Gasteiger partial charge in [-0.2, -0.15) is 0 Å². The average molecular weight is 707 g/mol. The molecule has 0 radical (unpaired) electrons. The second-order valence-electron chi connectivity index (χ2n) is 10.7. The van der Waals surface area contributed by atoms with Gasteiger partial charge in [-0.05, 0) is 23.6 Å². The van der Waals surface area contributed by atoms with Crippen molar-refractivity contribution >= 4 is 47.4 Å². The van der Waals surface area contributed by atoms with Crippen molar-refractivity contribution < 1.29 is 51.9 Å². The van der Waals surface area contributed by atoms with Gasteiger partial charge in [0.05, 0.1) is 14.2 Å². The molecule has 1 saturated heterocycles. The molecule has 0 spiro atoms. The van der Waals surface area contributed by atoms with E-state index < -0.39 is 70.6 Å². The van der Waals surface area contributed by atoms with Crippen LogP contribution in [0.15, 0.2) is 103 Å². The molecule has 5 atom stereocenters. The van der Waals surface area contributed by atoms with Crippen molar-refractivity contribution in [2.24, 2.45) is 0 Å². The van der Waals surface area contributed by atoms with Crippen LogP contribution in [-0.4, -0.2) is 81.6 Å². The van der Waals surface area contributed by atoms with E-state index in [9.17, 15) is 33.0 Å². The summed E-state index contributed by atoms with van der Waals surface area (Å²) in [5, 5.41) is 0.678. The summed E-state index contributed by atoms with van der Waals surface area (Å²) in [5.41, 5.74) is 3.49. The monoisotopic (exact) mass is 706 g/mol. The molecule has 0 aliphatic carbocycles. The molecule has 4 amide bonds. The Labute approximate surface area is 289 Å². The standard InChI is InChI=1S/C34H34N4O11S/c1-21(2)26(32(42)49-27(22-14-8-5-9-15-22)23-16-10-6-11-17-23)37-30(41)25(31(37)50(45)38(34(44)47-4)36-33(43)46-3)35-29(40)28(48-20-39)24-18-12-7-13-19-24/h5-20,25-28,31H,1H2,2-4H3,(H,35,40)(H,36,43). The minimum atomic E-state index is -2.79. The highest BCUT2D eigenvalue weighted by atomic mass is 32.2. The Morgan fingerprint density at radius 2 is 1.40 bits per heavy atom. The number of rotatable bonds is 13. The largest absolute Gasteiger partial charge is 0.452 e. The van der Waals surface area contributed by atoms with Crippen molar-refractivity contribution in [3.63, 3.8) is 0 Å². The molecule has 2 N–H and O–H groups in total. The van der Waals surface area contributed by atoms with Crippen molar-refractivity contribution in [1.82, 2.24) is 20.1 Å². The van der Waals surface area contributed by atoms with Gasteiger partial charge in [-0.1, -0.05) is 97.6 Å². The fraction of sp³-hybridized carbons (Fsp3) is 0.235. The minimum Gasteiger partial charge on any atom is -0.452 e. The molecule has 1 aliphatic rings. The first-order valence-electron chi connectivity index (χ1n) is 14.9. The molecule has 1 fully saturated rings. The van der Waals surface area contributed by atoms with E-state index in [0.717, 1.165) is 19.1 Å². The summed E-state index contributed by atoms with van der Waals surface area (Å²) in [5.74, 6) is -2.90. The summed E-state index contributed by atoms with van der Waals surface area (Å²) in [4.78, 5) is 78.4. The number of esters is 1. The lowest BCUT2D eigenvalue weighted by molar-refractivity contribution is -0.166. The summed E-state index contributed by atoms with van der Waals surface area (Å²) in [7, 11) is -0.864. The summed E-state index contributed by atoms with van der Waals surface area (Å²) in [6.07, 6.45) is -5.04. The van der Waals surface area contributed by atoms with Crippen LogP contribution in [-0.2, 0) is 49.1 Å². The summed E-state index contributed by atoms with van der Waals surface area (Å²) >= 11 is 0. The smallest absolute Gasteiger partial charge is 0.441 e. The minimum absolute atomic E-state index is 0.0457. The maximum Gasteiger partial charge on any atom is 0.441 e. The maximum atomic E-state index is 14.2. The van der Waals surface area contributed by atoms with Crippen LogP contribution in [0, 0.1) is 0 Å². The molecule has 15 nitrogen and oxygen atoms in total. The molecule has 0 aromatic heterocycles. The third-order valence-corrected chi connectivity index (χ3v) is 8.93. The van der Waals surface area contributed by atoms with Crippen LogP contribution in [0.3, 0.4) is 0 Å². The molecular weight excluding hydrogens is 672 g/mol. The number of amides is 4. The SMILES string of the molecule is C=C(C)C(C(=O)OC(c1ccccc1)c1ccccc1)N1C(=O)C(NC(=O)C(OC=O)c2ccccc2)C1S(=O)N(NC(=O)OC)C(=O)OC. The lowest BCUT2D eigenvalue weighted by atomic mass is 9.98. The van der Waals surface area contributed by atoms with Crippen molar-refractivity contribution in [1.29, 1.82) is 0 Å². The van der Waals surface area contributed by atoms with Crippen LogP contribution in [0.5, 0.6) is 0 Å². The number of carbonyl (C=O) groups excluding carboxylic acids is 6. The summed E-state index contributed by atoms with van der Waals surface area (Å²) in [6.45, 7) is 5.34. The molecule has 3 aromatic rings. The molecule has 50 heavy (non-hydrogen) atoms. The van der Waals surface area contributed by atoms with Crippen LogP contribution in [0.1, 0.15) is 35.8 Å². The summed E-state index contributed by atoms with van der Waals surface area (Å²) in [6, 6.07) is 22.1. The highest BCUT2D eigenvalue weighted by Crippen LogP contribution is 2.34. The topological polar surface area (TPSA) is 187 Å². The average Bonchev–Trinajstić information content (AvgIpc) is 3.14. The fourth-order valence-electron chi connectivity index (χ4n) is 5.11. The first kappa shape index (κ1) is 36.8. The number of hydrazine groups is 1. The highest BCUT2D eigenvalue weighted by molar-refractivity contribution is 7.84. The summed E-state index contributed by atoms with van der Waals surface area (Å²) < 4.78 is 34.6. The second-order valence-corrected chi connectivity index (χ2v) is 12.1. The number of nitrogens with one attached hydrogen (secondary N) is 2. The number of hydrogen-bond acceptors (Lipinski definition) is 11. The Balaban J connectivity index is 1.74. The van der Waals surface area contributed by atoms with Crippen molar-refractivity contribution in [3.05, 3.63) is 120 Å². The van der Waals surface area contributed by atoms with Crippen molar-refractivity contribution in [2.45, 2.75) is 36.6 Å². The quantitative estimate of drug-likeness (QED) is 0.0665. The number of methoxy groups -OCH3 is 2. The predicted molar refractivity (Wildman–Crippen MR) is 176 cm³/mol. The van der Waals surface area contributed by atoms with Gasteiger partial charge in [-0.3, -0.25) is 14.4 Å². The third kappa shape index (κ3) is 8.15. The Hall–Kier alpha value is -6.03. The fourth-order valence-corrected chi connectivity index (χ4v) is 6.55. The lowest BCUT2D eigenvalue weighted by Crippen LogP contribution is -2.77. The number of ether oxygens (including phenoxy) is 4. The number of β-lactam (4-membered cyclic amide) rings is 1. The van der Waals surface area contributed by atoms with E-state index in [4.69, 9.17) is 9.47 Å². The zero-order valence-electron chi connectivity index (χ0n) is 27.1. The number of carbonyl (C=O) groups is 6. The predicted octanol–water partition coefficient (Wildman–Crippen LogP) is 2.83. The van der Waals surface area contributed by atoms with E-state index in [0.29, 0.717) is 11.1 Å². The molecule has 3 aromatic carbocycles. The third-order valence-electron chi connectivity index (χ3n) is 7.42. The Morgan fingerprint density at radius 1 is 0.880 bits per heavy atom. The molecule has 1 aliphatic heterocycles. The van der Waals surface area contributed by atoms with E-state index in [1.807, 2.05) is 5.43 Å². The number of hydrogen-bond donors (Lipinski definition) is 2. The Kier molecular flexibility index (Phi) is 12.4. The zero-order chi connectivity index (χ0) is 36.4. The van der Waals surface area contributed by atoms with Crippen LogP contribution in [0.25, 0.3) is 0 Å². The first-order valence-corrected chi connectivity index (χ1v) is 16.1. The number of benzene rings is 3. The molecule has 4 rings (SSSR count). The molecule has 0 bridgehead atoms. The Morgan fingerprint density at radius 3 is 1.86 bits per heavy atom. The van der Waals surface area contributed by atoms with Gasteiger partial charge < -0.3 is 29.2 Å². The van der Waals surface area contributed by atoms with Crippen LogP contribution in [0.4, 0.5) is 9.59 Å². The van der Waals surface area contributed by atoms with Gasteiger partial charge in [0.2, 0.25) is 6.10 Å². The normalized spacial score (nSPS) is 16.8. The molecule has 262 valence electrons. The van der Waals surface area contributed by atoms with Crippen molar-refractivity contribution in [2.75, 3.05) is 14.2 Å². The number of likely N-dealkylation sites (tertiary alicyclic amines) is 1. The first-order chi connectivity index (χ1) is 24.0. The molecule has 16 heteroatoms. The van der Waals surface area contributed by atoms with Gasteiger partial charge in [0.25, 0.3) is 18.3 Å². The molecule has 5 unspecified atom stereocenters. The molecule has 0 saturated carbocycles. The van der Waals surface area contributed by atoms with Gasteiger partial charge in [0.15, 0.2) is 28.5 Å². The van der Waals surface area contributed by atoms with E-state index in [1.165, 1.54) is 19.1 Å². The van der Waals surface area contributed by atoms with Crippen LogP contribution < -0.4 is 10.7 Å². The number of nitrogens with zero attached hydrogens (tertiary/aromatic N) is 2. The van der Waals surface area contributed by atoms with E-state index in [1.54, 1.807) is 78.9 Å². The molecule has 1 heterocycles. The zero-order valence-corrected chi connectivity index (χ0v) is 27.9. The van der Waals surface area contributed by atoms with Crippen LogP contribution in [0.2, 0.25) is 0 Å². The second kappa shape index (κ2) is 16.9. The van der Waals surface area contributed by atoms with Gasteiger partial charge in [-0.15, -0.1) is 4.41 Å². The van der Waals surface area contributed by atoms with E-state index in [-0.39, 0.29) is 22.0 Å². The lowest BCUT2D eigenvalue weighted by Gasteiger charge is -2.49. The molecular formula is C34H34N4O11S. The highest BCUT2D eigenvalue weighted by Gasteiger charge is 2.59.